The summed E-state index contributed by atoms with van der Waals surface area (Å²) in [4.78, 5) is 2.38. The number of piperazine rings is 1. The summed E-state index contributed by atoms with van der Waals surface area (Å²) in [6.45, 7) is 7.63. The van der Waals surface area contributed by atoms with E-state index in [2.05, 4.69) is 24.1 Å². The van der Waals surface area contributed by atoms with E-state index >= 15 is 0 Å². The van der Waals surface area contributed by atoms with Crippen molar-refractivity contribution in [2.45, 2.75) is 32.4 Å². The fraction of sp³-hybridized carbons (Fsp3) is 1.00. The maximum Gasteiger partial charge on any atom is 0.0558 e. The summed E-state index contributed by atoms with van der Waals surface area (Å²) in [6.07, 6.45) is 1.17. The Morgan fingerprint density at radius 2 is 2.33 bits per heavy atom. The lowest BCUT2D eigenvalue weighted by Gasteiger charge is -2.38. The molecule has 1 heterocycles. The first kappa shape index (κ1) is 9.96. The van der Waals surface area contributed by atoms with Crippen molar-refractivity contribution in [3.8, 4) is 0 Å². The number of nitrogens with one attached hydrogen (secondary N) is 1. The molecule has 1 saturated heterocycles. The van der Waals surface area contributed by atoms with Crippen molar-refractivity contribution in [1.82, 2.24) is 10.2 Å². The molecule has 0 aromatic heterocycles. The van der Waals surface area contributed by atoms with E-state index in [0.29, 0.717) is 12.1 Å². The van der Waals surface area contributed by atoms with Crippen molar-refractivity contribution in [3.05, 3.63) is 0 Å². The third kappa shape index (κ3) is 2.44. The number of hydrogen-bond donors (Lipinski definition) is 2. The normalized spacial score (nSPS) is 32.2. The molecule has 2 N–H and O–H groups in total. The molecule has 0 bridgehead atoms. The lowest BCUT2D eigenvalue weighted by molar-refractivity contribution is 0.105. The molecule has 2 unspecified atom stereocenters. The van der Waals surface area contributed by atoms with E-state index in [-0.39, 0.29) is 6.61 Å². The second-order valence-electron chi connectivity index (χ2n) is 3.59. The van der Waals surface area contributed by atoms with E-state index in [9.17, 15) is 0 Å². The van der Waals surface area contributed by atoms with Crippen molar-refractivity contribution >= 4 is 0 Å². The molecule has 0 radical (unpaired) electrons. The average molecular weight is 172 g/mol. The number of β-amino-alcohol motifs (C(OH)–C–C–N with tert-alkyl or cyclic N) is 1. The van der Waals surface area contributed by atoms with Crippen LogP contribution in [0.15, 0.2) is 0 Å². The van der Waals surface area contributed by atoms with Crippen LogP contribution in [0.25, 0.3) is 0 Å². The zero-order valence-electron chi connectivity index (χ0n) is 8.08. The van der Waals surface area contributed by atoms with Crippen molar-refractivity contribution in [3.63, 3.8) is 0 Å². The molecule has 1 aliphatic rings. The minimum Gasteiger partial charge on any atom is -0.395 e. The van der Waals surface area contributed by atoms with Gasteiger partial charge in [-0.25, -0.2) is 0 Å². The first-order valence-corrected chi connectivity index (χ1v) is 4.86. The Kier molecular flexibility index (Phi) is 3.98. The number of aliphatic hydroxyl groups excluding tert-OH is 1. The highest BCUT2D eigenvalue weighted by Gasteiger charge is 2.23. The summed E-state index contributed by atoms with van der Waals surface area (Å²) in [5.41, 5.74) is 0. The third-order valence-corrected chi connectivity index (χ3v) is 2.59. The van der Waals surface area contributed by atoms with Gasteiger partial charge >= 0.3 is 0 Å². The van der Waals surface area contributed by atoms with Crippen molar-refractivity contribution in [1.29, 1.82) is 0 Å². The number of nitrogens with zero attached hydrogens (tertiary/aromatic N) is 1. The molecule has 1 rings (SSSR count). The highest BCUT2D eigenvalue weighted by atomic mass is 16.3. The maximum atomic E-state index is 8.86. The van der Waals surface area contributed by atoms with E-state index < -0.39 is 0 Å². The highest BCUT2D eigenvalue weighted by Crippen LogP contribution is 2.08. The predicted octanol–water partition coefficient (Wildman–Crippen LogP) is 0.0510. The van der Waals surface area contributed by atoms with E-state index in [0.717, 1.165) is 19.6 Å². The molecule has 72 valence electrons. The molecule has 0 aromatic rings. The van der Waals surface area contributed by atoms with Gasteiger partial charge in [-0.1, -0.05) is 6.92 Å². The molecular weight excluding hydrogens is 152 g/mol. The van der Waals surface area contributed by atoms with Crippen LogP contribution in [-0.2, 0) is 0 Å². The van der Waals surface area contributed by atoms with Gasteiger partial charge in [-0.3, -0.25) is 4.90 Å². The average Bonchev–Trinajstić information content (AvgIpc) is 2.05. The Bertz CT molecular complexity index is 130. The van der Waals surface area contributed by atoms with E-state index in [1.165, 1.54) is 6.42 Å². The Labute approximate surface area is 74.8 Å². The minimum atomic E-state index is 0.281. The Balaban J connectivity index is 2.40. The van der Waals surface area contributed by atoms with Crippen LogP contribution in [0.4, 0.5) is 0 Å². The number of hydrogen-bond acceptors (Lipinski definition) is 3. The van der Waals surface area contributed by atoms with Crippen LogP contribution in [0.5, 0.6) is 0 Å². The monoisotopic (exact) mass is 172 g/mol. The molecule has 1 aliphatic heterocycles. The van der Waals surface area contributed by atoms with Gasteiger partial charge in [-0.15, -0.1) is 0 Å². The summed E-state index contributed by atoms with van der Waals surface area (Å²) in [6, 6.07) is 1.19. The summed E-state index contributed by atoms with van der Waals surface area (Å²) in [5, 5.41) is 12.3. The predicted molar refractivity (Wildman–Crippen MR) is 50.2 cm³/mol. The zero-order chi connectivity index (χ0) is 8.97. The van der Waals surface area contributed by atoms with Gasteiger partial charge in [-0.2, -0.15) is 0 Å². The van der Waals surface area contributed by atoms with Gasteiger partial charge in [-0.05, 0) is 13.3 Å². The second-order valence-corrected chi connectivity index (χ2v) is 3.59. The molecule has 0 aliphatic carbocycles. The van der Waals surface area contributed by atoms with E-state index in [4.69, 9.17) is 5.11 Å². The van der Waals surface area contributed by atoms with Gasteiger partial charge in [0, 0.05) is 31.7 Å². The molecule has 3 heteroatoms. The van der Waals surface area contributed by atoms with Crippen molar-refractivity contribution in [2.24, 2.45) is 0 Å². The van der Waals surface area contributed by atoms with Crippen LogP contribution in [-0.4, -0.2) is 48.3 Å². The molecular formula is C9H20N2O. The van der Waals surface area contributed by atoms with Crippen LogP contribution in [0.1, 0.15) is 20.3 Å². The second kappa shape index (κ2) is 4.80. The van der Waals surface area contributed by atoms with Gasteiger partial charge in [0.15, 0.2) is 0 Å². The standard InChI is InChI=1S/C9H20N2O/c1-3-9-6-10-8(2)7-11(9)4-5-12/h8-10,12H,3-7H2,1-2H3. The Hall–Kier alpha value is -0.120. The third-order valence-electron chi connectivity index (χ3n) is 2.59. The zero-order valence-corrected chi connectivity index (χ0v) is 8.08. The minimum absolute atomic E-state index is 0.281. The summed E-state index contributed by atoms with van der Waals surface area (Å²) in [5.74, 6) is 0. The molecule has 3 nitrogen and oxygen atoms in total. The topological polar surface area (TPSA) is 35.5 Å². The molecule has 0 amide bonds. The highest BCUT2D eigenvalue weighted by molar-refractivity contribution is 4.82. The smallest absolute Gasteiger partial charge is 0.0558 e. The molecule has 0 spiro atoms. The number of rotatable bonds is 3. The van der Waals surface area contributed by atoms with Gasteiger partial charge in [0.1, 0.15) is 0 Å². The largest absolute Gasteiger partial charge is 0.395 e. The Morgan fingerprint density at radius 3 is 2.92 bits per heavy atom. The van der Waals surface area contributed by atoms with E-state index in [1.807, 2.05) is 0 Å². The quantitative estimate of drug-likeness (QED) is 0.631. The SMILES string of the molecule is CCC1CNC(C)CN1CCO. The summed E-state index contributed by atoms with van der Waals surface area (Å²) < 4.78 is 0. The van der Waals surface area contributed by atoms with Crippen LogP contribution in [0, 0.1) is 0 Å². The first-order valence-electron chi connectivity index (χ1n) is 4.86. The summed E-state index contributed by atoms with van der Waals surface area (Å²) in [7, 11) is 0. The molecule has 0 aromatic carbocycles. The van der Waals surface area contributed by atoms with Gasteiger partial charge in [0.05, 0.1) is 6.61 Å². The van der Waals surface area contributed by atoms with Gasteiger partial charge in [0.2, 0.25) is 0 Å². The fourth-order valence-corrected chi connectivity index (χ4v) is 1.84. The van der Waals surface area contributed by atoms with Crippen LogP contribution in [0.2, 0.25) is 0 Å². The van der Waals surface area contributed by atoms with Gasteiger partial charge < -0.3 is 10.4 Å². The van der Waals surface area contributed by atoms with Crippen molar-refractivity contribution < 1.29 is 5.11 Å². The Morgan fingerprint density at radius 1 is 1.58 bits per heavy atom. The molecule has 0 saturated carbocycles. The molecule has 1 fully saturated rings. The van der Waals surface area contributed by atoms with Crippen LogP contribution in [0.3, 0.4) is 0 Å². The summed E-state index contributed by atoms with van der Waals surface area (Å²) >= 11 is 0. The lowest BCUT2D eigenvalue weighted by atomic mass is 10.1. The van der Waals surface area contributed by atoms with Crippen LogP contribution >= 0.6 is 0 Å². The molecule has 12 heavy (non-hydrogen) atoms. The number of aliphatic hydroxyl groups is 1. The fourth-order valence-electron chi connectivity index (χ4n) is 1.84. The lowest BCUT2D eigenvalue weighted by Crippen LogP contribution is -2.55. The van der Waals surface area contributed by atoms with Crippen LogP contribution < -0.4 is 5.32 Å². The van der Waals surface area contributed by atoms with Crippen molar-refractivity contribution in [2.75, 3.05) is 26.2 Å². The van der Waals surface area contributed by atoms with E-state index in [1.54, 1.807) is 0 Å². The molecule has 2 atom stereocenters. The maximum absolute atomic E-state index is 8.86. The van der Waals surface area contributed by atoms with Gasteiger partial charge in [0.25, 0.3) is 0 Å². The first-order chi connectivity index (χ1) is 5.77.